The second-order valence-electron chi connectivity index (χ2n) is 5.30. The highest BCUT2D eigenvalue weighted by Gasteiger charge is 2.09. The van der Waals surface area contributed by atoms with E-state index in [4.69, 9.17) is 9.47 Å². The Morgan fingerprint density at radius 1 is 1.05 bits per heavy atom. The van der Waals surface area contributed by atoms with Gasteiger partial charge >= 0.3 is 5.97 Å². The van der Waals surface area contributed by atoms with E-state index in [1.165, 1.54) is 12.7 Å². The number of aryl methyl sites for hydroxylation is 1. The Morgan fingerprint density at radius 3 is 2.24 bits per heavy atom. The van der Waals surface area contributed by atoms with Crippen LogP contribution in [0.4, 0.5) is 0 Å². The van der Waals surface area contributed by atoms with Crippen molar-refractivity contribution in [2.45, 2.75) is 26.7 Å². The molecule has 0 aliphatic carbocycles. The van der Waals surface area contributed by atoms with E-state index < -0.39 is 0 Å². The monoisotopic (exact) mass is 284 g/mol. The molecule has 0 bridgehead atoms. The predicted octanol–water partition coefficient (Wildman–Crippen LogP) is 4.70. The number of hydrogen-bond donors (Lipinski definition) is 0. The summed E-state index contributed by atoms with van der Waals surface area (Å²) in [5.41, 5.74) is 2.70. The number of ether oxygens (including phenoxy) is 2. The van der Waals surface area contributed by atoms with E-state index in [0.717, 1.165) is 17.1 Å². The fourth-order valence-corrected chi connectivity index (χ4v) is 2.06. The van der Waals surface area contributed by atoms with Gasteiger partial charge in [-0.2, -0.15) is 0 Å². The normalized spacial score (nSPS) is 10.5. The summed E-state index contributed by atoms with van der Waals surface area (Å²) in [6.45, 7) is 6.22. The summed E-state index contributed by atoms with van der Waals surface area (Å²) in [4.78, 5) is 11.5. The summed E-state index contributed by atoms with van der Waals surface area (Å²) in [7, 11) is 1.37. The first-order valence-electron chi connectivity index (χ1n) is 6.98. The number of rotatable bonds is 4. The van der Waals surface area contributed by atoms with Gasteiger partial charge in [0.1, 0.15) is 11.5 Å². The van der Waals surface area contributed by atoms with Gasteiger partial charge in [0.25, 0.3) is 0 Å². The molecule has 0 saturated heterocycles. The van der Waals surface area contributed by atoms with E-state index in [0.29, 0.717) is 11.5 Å². The number of carbonyl (C=O) groups excluding carboxylic acids is 1. The van der Waals surface area contributed by atoms with Crippen LogP contribution in [0.1, 0.15) is 41.3 Å². The predicted molar refractivity (Wildman–Crippen MR) is 83.1 cm³/mol. The number of hydrogen-bond acceptors (Lipinski definition) is 3. The summed E-state index contributed by atoms with van der Waals surface area (Å²) >= 11 is 0. The molecule has 0 aromatic heterocycles. The molecular formula is C18H20O3. The van der Waals surface area contributed by atoms with E-state index in [1.807, 2.05) is 19.1 Å². The first kappa shape index (κ1) is 15.1. The van der Waals surface area contributed by atoms with Gasteiger partial charge in [0.2, 0.25) is 0 Å². The molecule has 2 rings (SSSR count). The third kappa shape index (κ3) is 3.63. The lowest BCUT2D eigenvalue weighted by molar-refractivity contribution is 0.0600. The van der Waals surface area contributed by atoms with Crippen LogP contribution < -0.4 is 4.74 Å². The van der Waals surface area contributed by atoms with Crippen molar-refractivity contribution in [2.75, 3.05) is 7.11 Å². The maximum atomic E-state index is 11.5. The lowest BCUT2D eigenvalue weighted by Gasteiger charge is -2.11. The van der Waals surface area contributed by atoms with Gasteiger partial charge in [0, 0.05) is 0 Å². The van der Waals surface area contributed by atoms with Crippen molar-refractivity contribution in [2.24, 2.45) is 0 Å². The van der Waals surface area contributed by atoms with Crippen molar-refractivity contribution in [3.05, 3.63) is 59.2 Å². The SMILES string of the molecule is COC(=O)c1ccc(Oc2ccc(C(C)C)cc2)c(C)c1. The van der Waals surface area contributed by atoms with E-state index >= 15 is 0 Å². The zero-order valence-electron chi connectivity index (χ0n) is 12.8. The largest absolute Gasteiger partial charge is 0.465 e. The van der Waals surface area contributed by atoms with Crippen molar-refractivity contribution in [3.8, 4) is 11.5 Å². The van der Waals surface area contributed by atoms with Crippen LogP contribution in [0.2, 0.25) is 0 Å². The highest BCUT2D eigenvalue weighted by Crippen LogP contribution is 2.27. The van der Waals surface area contributed by atoms with Gasteiger partial charge in [-0.1, -0.05) is 26.0 Å². The van der Waals surface area contributed by atoms with Gasteiger partial charge in [-0.15, -0.1) is 0 Å². The molecule has 3 nitrogen and oxygen atoms in total. The Bertz CT molecular complexity index is 627. The second kappa shape index (κ2) is 6.44. The third-order valence-corrected chi connectivity index (χ3v) is 3.37. The molecule has 110 valence electrons. The quantitative estimate of drug-likeness (QED) is 0.763. The Hall–Kier alpha value is -2.29. The Labute approximate surface area is 125 Å². The molecule has 0 N–H and O–H groups in total. The van der Waals surface area contributed by atoms with Gasteiger partial charge in [0.15, 0.2) is 0 Å². The minimum Gasteiger partial charge on any atom is -0.465 e. The summed E-state index contributed by atoms with van der Waals surface area (Å²) in [5.74, 6) is 1.68. The van der Waals surface area contributed by atoms with Crippen LogP contribution in [-0.4, -0.2) is 13.1 Å². The molecule has 21 heavy (non-hydrogen) atoms. The maximum absolute atomic E-state index is 11.5. The first-order chi connectivity index (χ1) is 10.0. The molecule has 0 aliphatic rings. The summed E-state index contributed by atoms with van der Waals surface area (Å²) in [6, 6.07) is 13.3. The molecule has 0 atom stereocenters. The highest BCUT2D eigenvalue weighted by molar-refractivity contribution is 5.89. The third-order valence-electron chi connectivity index (χ3n) is 3.37. The number of carbonyl (C=O) groups is 1. The van der Waals surface area contributed by atoms with Crippen LogP contribution in [0.3, 0.4) is 0 Å². The molecule has 0 amide bonds. The average molecular weight is 284 g/mol. The molecule has 0 aliphatic heterocycles. The van der Waals surface area contributed by atoms with Gasteiger partial charge in [0.05, 0.1) is 12.7 Å². The standard InChI is InChI=1S/C18H20O3/c1-12(2)14-5-8-16(9-6-14)21-17-10-7-15(11-13(17)3)18(19)20-4/h5-12H,1-4H3. The number of benzene rings is 2. The van der Waals surface area contributed by atoms with Gasteiger partial charge in [-0.3, -0.25) is 0 Å². The van der Waals surface area contributed by atoms with Crippen LogP contribution in [0, 0.1) is 6.92 Å². The summed E-state index contributed by atoms with van der Waals surface area (Å²) in [5, 5.41) is 0. The Balaban J connectivity index is 2.18. The fourth-order valence-electron chi connectivity index (χ4n) is 2.06. The van der Waals surface area contributed by atoms with Crippen LogP contribution >= 0.6 is 0 Å². The number of esters is 1. The maximum Gasteiger partial charge on any atom is 0.337 e. The van der Waals surface area contributed by atoms with Crippen molar-refractivity contribution in [1.29, 1.82) is 0 Å². The lowest BCUT2D eigenvalue weighted by atomic mass is 10.0. The van der Waals surface area contributed by atoms with Crippen molar-refractivity contribution >= 4 is 5.97 Å². The van der Waals surface area contributed by atoms with E-state index in [1.54, 1.807) is 18.2 Å². The Morgan fingerprint density at radius 2 is 1.71 bits per heavy atom. The molecule has 0 spiro atoms. The van der Waals surface area contributed by atoms with Crippen molar-refractivity contribution in [1.82, 2.24) is 0 Å². The summed E-state index contributed by atoms with van der Waals surface area (Å²) in [6.07, 6.45) is 0. The highest BCUT2D eigenvalue weighted by atomic mass is 16.5. The zero-order chi connectivity index (χ0) is 15.4. The molecule has 3 heteroatoms. The molecule has 0 heterocycles. The van der Waals surface area contributed by atoms with Crippen molar-refractivity contribution in [3.63, 3.8) is 0 Å². The average Bonchev–Trinajstić information content (AvgIpc) is 2.49. The molecule has 0 radical (unpaired) electrons. The van der Waals surface area contributed by atoms with Crippen molar-refractivity contribution < 1.29 is 14.3 Å². The first-order valence-corrected chi connectivity index (χ1v) is 6.98. The fraction of sp³-hybridized carbons (Fsp3) is 0.278. The molecular weight excluding hydrogens is 264 g/mol. The molecule has 2 aromatic carbocycles. The molecule has 0 fully saturated rings. The second-order valence-corrected chi connectivity index (χ2v) is 5.30. The topological polar surface area (TPSA) is 35.5 Å². The van der Waals surface area contributed by atoms with Gasteiger partial charge in [-0.05, 0) is 54.3 Å². The van der Waals surface area contributed by atoms with E-state index in [-0.39, 0.29) is 5.97 Å². The lowest BCUT2D eigenvalue weighted by Crippen LogP contribution is -2.01. The molecule has 0 unspecified atom stereocenters. The van der Waals surface area contributed by atoms with Gasteiger partial charge in [-0.25, -0.2) is 4.79 Å². The van der Waals surface area contributed by atoms with E-state index in [2.05, 4.69) is 26.0 Å². The molecule has 0 saturated carbocycles. The van der Waals surface area contributed by atoms with Crippen LogP contribution in [-0.2, 0) is 4.74 Å². The van der Waals surface area contributed by atoms with Crippen LogP contribution in [0.5, 0.6) is 11.5 Å². The van der Waals surface area contributed by atoms with Crippen LogP contribution in [0.15, 0.2) is 42.5 Å². The minimum absolute atomic E-state index is 0.342. The minimum atomic E-state index is -0.342. The summed E-state index contributed by atoms with van der Waals surface area (Å²) < 4.78 is 10.6. The van der Waals surface area contributed by atoms with Gasteiger partial charge < -0.3 is 9.47 Å². The smallest absolute Gasteiger partial charge is 0.337 e. The van der Waals surface area contributed by atoms with E-state index in [9.17, 15) is 4.79 Å². The Kier molecular flexibility index (Phi) is 4.63. The number of methoxy groups -OCH3 is 1. The van der Waals surface area contributed by atoms with Crippen LogP contribution in [0.25, 0.3) is 0 Å². The molecule has 2 aromatic rings. The zero-order valence-corrected chi connectivity index (χ0v) is 12.8.